The molecular formula is C9H13Zr-. The average molecular weight is 212 g/mol. The van der Waals surface area contributed by atoms with Gasteiger partial charge < -0.3 is 0 Å². The van der Waals surface area contributed by atoms with E-state index in [1.807, 2.05) is 0 Å². The minimum atomic E-state index is 0. The minimum Gasteiger partial charge on any atom is -0.273 e. The van der Waals surface area contributed by atoms with Crippen molar-refractivity contribution in [3.8, 4) is 0 Å². The summed E-state index contributed by atoms with van der Waals surface area (Å²) in [5.74, 6) is 0. The van der Waals surface area contributed by atoms with Crippen molar-refractivity contribution in [3.63, 3.8) is 0 Å². The average Bonchev–Trinajstić information content (AvgIpc) is 2.08. The van der Waals surface area contributed by atoms with Gasteiger partial charge >= 0.3 is 0 Å². The molecule has 0 atom stereocenters. The fraction of sp³-hybridized carbons (Fsp3) is 0.556. The molecule has 0 aromatic carbocycles. The monoisotopic (exact) mass is 211 g/mol. The molecule has 1 aliphatic rings. The second-order valence-electron chi connectivity index (χ2n) is 3.46. The van der Waals surface area contributed by atoms with Crippen LogP contribution in [0.2, 0.25) is 0 Å². The largest absolute Gasteiger partial charge is 0.273 e. The number of rotatable bonds is 0. The third-order valence-corrected chi connectivity index (χ3v) is 1.56. The molecule has 0 nitrogen and oxygen atoms in total. The van der Waals surface area contributed by atoms with Crippen LogP contribution in [0.15, 0.2) is 17.7 Å². The maximum atomic E-state index is 3.16. The molecule has 0 N–H and O–H groups in total. The molecule has 0 heterocycles. The number of allylic oxidation sites excluding steroid dienone is 4. The van der Waals surface area contributed by atoms with E-state index in [-0.39, 0.29) is 26.2 Å². The van der Waals surface area contributed by atoms with Gasteiger partial charge in [-0.15, -0.1) is 6.42 Å². The molecule has 0 unspecified atom stereocenters. The molecular weight excluding hydrogens is 199 g/mol. The van der Waals surface area contributed by atoms with E-state index < -0.39 is 0 Å². The Morgan fingerprint density at radius 3 is 2.20 bits per heavy atom. The van der Waals surface area contributed by atoms with Crippen molar-refractivity contribution < 1.29 is 26.2 Å². The van der Waals surface area contributed by atoms with Crippen LogP contribution in [0.1, 0.15) is 27.2 Å². The number of hydrogen-bond acceptors (Lipinski definition) is 0. The Kier molecular flexibility index (Phi) is 3.80. The normalized spacial score (nSPS) is 16.5. The summed E-state index contributed by atoms with van der Waals surface area (Å²) < 4.78 is 0. The Balaban J connectivity index is 0.000000810. The molecule has 1 rings (SSSR count). The molecule has 1 heteroatoms. The van der Waals surface area contributed by atoms with Gasteiger partial charge in [0.2, 0.25) is 0 Å². The Morgan fingerprint density at radius 1 is 1.40 bits per heavy atom. The molecule has 0 aromatic heterocycles. The van der Waals surface area contributed by atoms with Crippen LogP contribution in [0.4, 0.5) is 0 Å². The van der Waals surface area contributed by atoms with Crippen LogP contribution < -0.4 is 0 Å². The molecule has 0 aromatic rings. The van der Waals surface area contributed by atoms with Gasteiger partial charge in [-0.25, -0.2) is 6.08 Å². The Bertz CT molecular complexity index is 158. The van der Waals surface area contributed by atoms with E-state index in [0.717, 1.165) is 6.42 Å². The summed E-state index contributed by atoms with van der Waals surface area (Å²) in [6.07, 6.45) is 8.50. The van der Waals surface area contributed by atoms with Gasteiger partial charge in [0.15, 0.2) is 0 Å². The summed E-state index contributed by atoms with van der Waals surface area (Å²) in [5.41, 5.74) is 1.74. The zero-order chi connectivity index (χ0) is 6.91. The quantitative estimate of drug-likeness (QED) is 0.542. The van der Waals surface area contributed by atoms with Crippen molar-refractivity contribution in [3.05, 3.63) is 23.8 Å². The van der Waals surface area contributed by atoms with E-state index in [1.165, 1.54) is 5.57 Å². The second kappa shape index (κ2) is 3.67. The van der Waals surface area contributed by atoms with E-state index in [1.54, 1.807) is 0 Å². The molecule has 0 bridgehead atoms. The van der Waals surface area contributed by atoms with Crippen molar-refractivity contribution in [2.45, 2.75) is 27.2 Å². The molecule has 0 radical (unpaired) electrons. The fourth-order valence-electron chi connectivity index (χ4n) is 0.919. The van der Waals surface area contributed by atoms with Crippen LogP contribution in [0.5, 0.6) is 0 Å². The first-order chi connectivity index (χ1) is 4.11. The van der Waals surface area contributed by atoms with Gasteiger partial charge in [-0.1, -0.05) is 26.2 Å². The van der Waals surface area contributed by atoms with E-state index in [2.05, 4.69) is 39.0 Å². The van der Waals surface area contributed by atoms with E-state index in [9.17, 15) is 0 Å². The Morgan fingerprint density at radius 2 is 2.00 bits per heavy atom. The molecule has 10 heavy (non-hydrogen) atoms. The van der Waals surface area contributed by atoms with Crippen LogP contribution in [0, 0.1) is 11.5 Å². The second-order valence-corrected chi connectivity index (χ2v) is 3.46. The van der Waals surface area contributed by atoms with Gasteiger partial charge in [0.25, 0.3) is 0 Å². The van der Waals surface area contributed by atoms with Crippen LogP contribution >= 0.6 is 0 Å². The van der Waals surface area contributed by atoms with Gasteiger partial charge in [0.1, 0.15) is 0 Å². The van der Waals surface area contributed by atoms with Crippen LogP contribution in [0.3, 0.4) is 0 Å². The van der Waals surface area contributed by atoms with E-state index >= 15 is 0 Å². The summed E-state index contributed by atoms with van der Waals surface area (Å²) >= 11 is 0. The van der Waals surface area contributed by atoms with E-state index in [4.69, 9.17) is 0 Å². The molecule has 54 valence electrons. The summed E-state index contributed by atoms with van der Waals surface area (Å²) in [7, 11) is 0. The van der Waals surface area contributed by atoms with Crippen molar-refractivity contribution in [1.82, 2.24) is 0 Å². The topological polar surface area (TPSA) is 0 Å². The zero-order valence-corrected chi connectivity index (χ0v) is 9.32. The maximum Gasteiger partial charge on any atom is 0 e. The predicted octanol–water partition coefficient (Wildman–Crippen LogP) is 2.72. The molecule has 0 aliphatic heterocycles. The molecule has 1 aliphatic carbocycles. The van der Waals surface area contributed by atoms with Crippen molar-refractivity contribution >= 4 is 0 Å². The molecule has 0 saturated heterocycles. The SMILES string of the molecule is CC(C)(C)C1=CC[C-]=C1.[Zr]. The fourth-order valence-corrected chi connectivity index (χ4v) is 0.919. The van der Waals surface area contributed by atoms with Gasteiger partial charge in [0, 0.05) is 26.2 Å². The van der Waals surface area contributed by atoms with Crippen molar-refractivity contribution in [2.24, 2.45) is 5.41 Å². The smallest absolute Gasteiger partial charge is 0 e. The minimum absolute atomic E-state index is 0. The Hall–Kier alpha value is 0.363. The van der Waals surface area contributed by atoms with E-state index in [0.29, 0.717) is 5.41 Å². The van der Waals surface area contributed by atoms with Gasteiger partial charge in [0.05, 0.1) is 0 Å². The summed E-state index contributed by atoms with van der Waals surface area (Å²) in [4.78, 5) is 0. The van der Waals surface area contributed by atoms with Gasteiger partial charge in [-0.2, -0.15) is 11.6 Å². The predicted molar refractivity (Wildman–Crippen MR) is 40.0 cm³/mol. The standard InChI is InChI=1S/C9H13.Zr/c1-9(2,3)8-6-4-5-7-8;/h6-7H,4H2,1-3H3;/q-1;. The summed E-state index contributed by atoms with van der Waals surface area (Å²) in [6.45, 7) is 6.67. The molecule has 0 spiro atoms. The molecule has 0 fully saturated rings. The van der Waals surface area contributed by atoms with Crippen LogP contribution in [-0.2, 0) is 26.2 Å². The van der Waals surface area contributed by atoms with Crippen LogP contribution in [-0.4, -0.2) is 0 Å². The maximum absolute atomic E-state index is 3.16. The first kappa shape index (κ1) is 10.4. The first-order valence-electron chi connectivity index (χ1n) is 3.38. The molecule has 0 saturated carbocycles. The summed E-state index contributed by atoms with van der Waals surface area (Å²) in [5, 5.41) is 0. The Labute approximate surface area is 82.5 Å². The van der Waals surface area contributed by atoms with Gasteiger partial charge in [-0.05, 0) is 0 Å². The third kappa shape index (κ3) is 2.54. The first-order valence-corrected chi connectivity index (χ1v) is 3.38. The third-order valence-electron chi connectivity index (χ3n) is 1.56. The zero-order valence-electron chi connectivity index (χ0n) is 6.86. The van der Waals surface area contributed by atoms with Crippen molar-refractivity contribution in [1.29, 1.82) is 0 Å². The number of hydrogen-bond donors (Lipinski definition) is 0. The van der Waals surface area contributed by atoms with Crippen LogP contribution in [0.25, 0.3) is 0 Å². The molecule has 0 amide bonds. The summed E-state index contributed by atoms with van der Waals surface area (Å²) in [6, 6.07) is 0. The van der Waals surface area contributed by atoms with Gasteiger partial charge in [-0.3, -0.25) is 6.08 Å². The van der Waals surface area contributed by atoms with Crippen molar-refractivity contribution in [2.75, 3.05) is 0 Å².